The van der Waals surface area contributed by atoms with Crippen LogP contribution in [0.4, 0.5) is 18.9 Å². The van der Waals surface area contributed by atoms with Gasteiger partial charge in [-0.3, -0.25) is 4.79 Å². The van der Waals surface area contributed by atoms with E-state index in [1.54, 1.807) is 0 Å². The molecule has 0 bridgehead atoms. The number of amides is 1. The molecule has 1 saturated heterocycles. The molecule has 1 aliphatic rings. The lowest BCUT2D eigenvalue weighted by atomic mass is 10.1. The summed E-state index contributed by atoms with van der Waals surface area (Å²) >= 11 is 0. The Morgan fingerprint density at radius 1 is 1.30 bits per heavy atom. The summed E-state index contributed by atoms with van der Waals surface area (Å²) < 4.78 is 37.0. The Hall–Kier alpha value is -1.72. The van der Waals surface area contributed by atoms with E-state index in [0.717, 1.165) is 21.7 Å². The number of carbonyl (C=O) groups is 1. The molecule has 2 rings (SSSR count). The van der Waals surface area contributed by atoms with Gasteiger partial charge in [-0.25, -0.2) is 0 Å². The number of likely N-dealkylation sites (tertiary alicyclic amines) is 1. The van der Waals surface area contributed by atoms with Crippen molar-refractivity contribution in [2.45, 2.75) is 32.5 Å². The first-order valence-corrected chi connectivity index (χ1v) is 6.46. The molecule has 1 aromatic rings. The fourth-order valence-electron chi connectivity index (χ4n) is 2.46. The zero-order valence-electron chi connectivity index (χ0n) is 11.4. The third-order valence-electron chi connectivity index (χ3n) is 3.47. The van der Waals surface area contributed by atoms with Crippen LogP contribution in [0.3, 0.4) is 0 Å². The van der Waals surface area contributed by atoms with E-state index >= 15 is 0 Å². The van der Waals surface area contributed by atoms with E-state index < -0.39 is 24.7 Å². The van der Waals surface area contributed by atoms with Gasteiger partial charge in [0, 0.05) is 12.2 Å². The predicted octanol–water partition coefficient (Wildman–Crippen LogP) is 2.88. The van der Waals surface area contributed by atoms with Gasteiger partial charge >= 0.3 is 6.18 Å². The monoisotopic (exact) mass is 286 g/mol. The van der Waals surface area contributed by atoms with Gasteiger partial charge in [0.2, 0.25) is 5.91 Å². The number of hydrogen-bond acceptors (Lipinski definition) is 2. The van der Waals surface area contributed by atoms with E-state index in [0.29, 0.717) is 6.42 Å². The van der Waals surface area contributed by atoms with Gasteiger partial charge in [0.1, 0.15) is 12.6 Å². The van der Waals surface area contributed by atoms with Gasteiger partial charge in [0.05, 0.1) is 0 Å². The maximum atomic E-state index is 12.3. The maximum Gasteiger partial charge on any atom is 0.406 e. The molecule has 110 valence electrons. The average molecular weight is 286 g/mol. The number of halogens is 3. The smallest absolute Gasteiger partial charge is 0.373 e. The fraction of sp³-hybridized carbons (Fsp3) is 0.500. The number of nitrogens with zero attached hydrogens (tertiary/aromatic N) is 1. The maximum absolute atomic E-state index is 12.3. The summed E-state index contributed by atoms with van der Waals surface area (Å²) in [7, 11) is 0. The number of anilines is 1. The Kier molecular flexibility index (Phi) is 3.92. The molecule has 0 aliphatic carbocycles. The highest BCUT2D eigenvalue weighted by Gasteiger charge is 2.39. The van der Waals surface area contributed by atoms with Crippen LogP contribution >= 0.6 is 0 Å². The third-order valence-corrected chi connectivity index (χ3v) is 3.47. The van der Waals surface area contributed by atoms with Crippen molar-refractivity contribution in [2.24, 2.45) is 0 Å². The summed E-state index contributed by atoms with van der Waals surface area (Å²) in [4.78, 5) is 12.8. The number of carbonyl (C=O) groups excluding carboxylic acids is 1. The largest absolute Gasteiger partial charge is 0.406 e. The lowest BCUT2D eigenvalue weighted by molar-refractivity contribution is -0.157. The Labute approximate surface area is 115 Å². The van der Waals surface area contributed by atoms with E-state index in [1.165, 1.54) is 0 Å². The summed E-state index contributed by atoms with van der Waals surface area (Å²) in [6.45, 7) is 2.78. The third kappa shape index (κ3) is 3.23. The van der Waals surface area contributed by atoms with Crippen LogP contribution in [0.15, 0.2) is 18.2 Å². The summed E-state index contributed by atoms with van der Waals surface area (Å²) in [5, 5.41) is 3.08. The van der Waals surface area contributed by atoms with Crippen molar-refractivity contribution in [1.82, 2.24) is 4.90 Å². The molecule has 1 fully saturated rings. The Balaban J connectivity index is 2.07. The number of aryl methyl sites for hydroxylation is 2. The summed E-state index contributed by atoms with van der Waals surface area (Å²) in [6, 6.07) is 5.14. The standard InChI is InChI=1S/C14H17F3N2O/c1-9-4-3-5-10(2)12(9)18-11-6-7-19(13(11)20)8-14(15,16)17/h3-5,11,18H,6-8H2,1-2H3/t11-/m1/s1. The quantitative estimate of drug-likeness (QED) is 0.926. The van der Waals surface area contributed by atoms with Crippen LogP contribution in [-0.4, -0.2) is 36.1 Å². The van der Waals surface area contributed by atoms with E-state index in [9.17, 15) is 18.0 Å². The highest BCUT2D eigenvalue weighted by Crippen LogP contribution is 2.25. The Morgan fingerprint density at radius 2 is 1.90 bits per heavy atom. The molecule has 1 amide bonds. The zero-order chi connectivity index (χ0) is 14.9. The van der Waals surface area contributed by atoms with Gasteiger partial charge in [0.25, 0.3) is 0 Å². The first-order chi connectivity index (χ1) is 9.28. The second kappa shape index (κ2) is 5.34. The number of nitrogens with one attached hydrogen (secondary N) is 1. The van der Waals surface area contributed by atoms with Crippen molar-refractivity contribution in [3.8, 4) is 0 Å². The van der Waals surface area contributed by atoms with Crippen LogP contribution in [0, 0.1) is 13.8 Å². The number of hydrogen-bond donors (Lipinski definition) is 1. The second-order valence-corrected chi connectivity index (χ2v) is 5.13. The van der Waals surface area contributed by atoms with E-state index in [4.69, 9.17) is 0 Å². The Morgan fingerprint density at radius 3 is 2.45 bits per heavy atom. The van der Waals surface area contributed by atoms with Crippen LogP contribution in [0.2, 0.25) is 0 Å². The van der Waals surface area contributed by atoms with Crippen LogP contribution in [0.1, 0.15) is 17.5 Å². The van der Waals surface area contributed by atoms with E-state index in [-0.39, 0.29) is 6.54 Å². The average Bonchev–Trinajstić information content (AvgIpc) is 2.64. The molecule has 1 aliphatic heterocycles. The molecule has 0 radical (unpaired) electrons. The topological polar surface area (TPSA) is 32.3 Å². The molecule has 3 nitrogen and oxygen atoms in total. The van der Waals surface area contributed by atoms with Crippen LogP contribution < -0.4 is 5.32 Å². The van der Waals surface area contributed by atoms with Crippen LogP contribution in [0.5, 0.6) is 0 Å². The van der Waals surface area contributed by atoms with E-state index in [2.05, 4.69) is 5.32 Å². The van der Waals surface area contributed by atoms with Gasteiger partial charge in [-0.05, 0) is 31.4 Å². The summed E-state index contributed by atoms with van der Waals surface area (Å²) in [6.07, 6.45) is -3.95. The number of alkyl halides is 3. The van der Waals surface area contributed by atoms with Crippen molar-refractivity contribution in [3.63, 3.8) is 0 Å². The first kappa shape index (κ1) is 14.7. The predicted molar refractivity (Wildman–Crippen MR) is 70.6 cm³/mol. The molecule has 1 aromatic carbocycles. The molecular formula is C14H17F3N2O. The highest BCUT2D eigenvalue weighted by molar-refractivity contribution is 5.87. The second-order valence-electron chi connectivity index (χ2n) is 5.13. The molecule has 0 unspecified atom stereocenters. The molecule has 6 heteroatoms. The molecule has 1 heterocycles. The van der Waals surface area contributed by atoms with Gasteiger partial charge < -0.3 is 10.2 Å². The van der Waals surface area contributed by atoms with Gasteiger partial charge in [-0.2, -0.15) is 13.2 Å². The highest BCUT2D eigenvalue weighted by atomic mass is 19.4. The minimum Gasteiger partial charge on any atom is -0.373 e. The molecular weight excluding hydrogens is 269 g/mol. The molecule has 1 atom stereocenters. The van der Waals surface area contributed by atoms with Gasteiger partial charge in [-0.1, -0.05) is 18.2 Å². The number of rotatable bonds is 3. The molecule has 0 saturated carbocycles. The van der Waals surface area contributed by atoms with Crippen LogP contribution in [-0.2, 0) is 4.79 Å². The normalized spacial score (nSPS) is 19.6. The SMILES string of the molecule is Cc1cccc(C)c1N[C@@H]1CCN(CC(F)(F)F)C1=O. The number of benzene rings is 1. The Bertz CT molecular complexity index is 493. The minimum absolute atomic E-state index is 0.140. The molecule has 1 N–H and O–H groups in total. The minimum atomic E-state index is -4.34. The van der Waals surface area contributed by atoms with Gasteiger partial charge in [-0.15, -0.1) is 0 Å². The van der Waals surface area contributed by atoms with Crippen molar-refractivity contribution < 1.29 is 18.0 Å². The van der Waals surface area contributed by atoms with E-state index in [1.807, 2.05) is 32.0 Å². The van der Waals surface area contributed by atoms with Crippen molar-refractivity contribution in [1.29, 1.82) is 0 Å². The van der Waals surface area contributed by atoms with Crippen LogP contribution in [0.25, 0.3) is 0 Å². The summed E-state index contributed by atoms with van der Waals surface area (Å²) in [5.74, 6) is -0.482. The van der Waals surface area contributed by atoms with Crippen molar-refractivity contribution in [3.05, 3.63) is 29.3 Å². The van der Waals surface area contributed by atoms with Gasteiger partial charge in [0.15, 0.2) is 0 Å². The molecule has 0 aromatic heterocycles. The lowest BCUT2D eigenvalue weighted by Gasteiger charge is -2.20. The summed E-state index contributed by atoms with van der Waals surface area (Å²) in [5.41, 5.74) is 2.79. The lowest BCUT2D eigenvalue weighted by Crippen LogP contribution is -2.39. The zero-order valence-corrected chi connectivity index (χ0v) is 11.4. The fourth-order valence-corrected chi connectivity index (χ4v) is 2.46. The number of para-hydroxylation sites is 1. The molecule has 0 spiro atoms. The molecule has 20 heavy (non-hydrogen) atoms. The van der Waals surface area contributed by atoms with Crippen molar-refractivity contribution in [2.75, 3.05) is 18.4 Å². The van der Waals surface area contributed by atoms with Crippen molar-refractivity contribution >= 4 is 11.6 Å². The first-order valence-electron chi connectivity index (χ1n) is 6.46.